The van der Waals surface area contributed by atoms with Gasteiger partial charge in [-0.25, -0.2) is 0 Å². The van der Waals surface area contributed by atoms with Gasteiger partial charge in [-0.15, -0.1) is 11.8 Å². The fourth-order valence-corrected chi connectivity index (χ4v) is 4.92. The van der Waals surface area contributed by atoms with Crippen LogP contribution in [0.25, 0.3) is 0 Å². The first-order chi connectivity index (χ1) is 17.4. The van der Waals surface area contributed by atoms with Crippen LogP contribution in [0.15, 0.2) is 78.9 Å². The van der Waals surface area contributed by atoms with Crippen LogP contribution in [0.5, 0.6) is 0 Å². The average molecular weight is 523 g/mol. The Morgan fingerprint density at radius 1 is 0.944 bits per heavy atom. The highest BCUT2D eigenvalue weighted by molar-refractivity contribution is 7.99. The number of carbonyl (C=O) groups excluding carboxylic acids is 2. The van der Waals surface area contributed by atoms with Crippen molar-refractivity contribution in [2.75, 3.05) is 5.75 Å². The molecule has 6 heteroatoms. The van der Waals surface area contributed by atoms with E-state index in [1.54, 1.807) is 16.7 Å². The van der Waals surface area contributed by atoms with Crippen LogP contribution >= 0.6 is 23.4 Å². The quantitative estimate of drug-likeness (QED) is 0.298. The molecule has 1 N–H and O–H groups in total. The minimum atomic E-state index is -0.606. The van der Waals surface area contributed by atoms with Gasteiger partial charge in [0.15, 0.2) is 0 Å². The number of carbonyl (C=O) groups is 2. The highest BCUT2D eigenvalue weighted by atomic mass is 35.5. The van der Waals surface area contributed by atoms with E-state index in [0.29, 0.717) is 23.7 Å². The smallest absolute Gasteiger partial charge is 0.243 e. The molecule has 0 radical (unpaired) electrons. The van der Waals surface area contributed by atoms with Crippen LogP contribution in [-0.2, 0) is 28.3 Å². The summed E-state index contributed by atoms with van der Waals surface area (Å²) >= 11 is 7.55. The second-order valence-corrected chi connectivity index (χ2v) is 10.6. The largest absolute Gasteiger partial charge is 0.352 e. The Hall–Kier alpha value is -2.76. The molecule has 2 amide bonds. The molecule has 0 bridgehead atoms. The lowest BCUT2D eigenvalue weighted by molar-refractivity contribution is -0.139. The summed E-state index contributed by atoms with van der Waals surface area (Å²) in [7, 11) is 0. The predicted octanol–water partition coefficient (Wildman–Crippen LogP) is 6.44. The zero-order chi connectivity index (χ0) is 25.9. The highest BCUT2D eigenvalue weighted by Gasteiger charge is 2.30. The van der Waals surface area contributed by atoms with E-state index in [9.17, 15) is 9.59 Å². The van der Waals surface area contributed by atoms with Gasteiger partial charge in [0, 0.05) is 29.8 Å². The highest BCUT2D eigenvalue weighted by Crippen LogP contribution is 2.20. The summed E-state index contributed by atoms with van der Waals surface area (Å²) in [4.78, 5) is 29.0. The Kier molecular flexibility index (Phi) is 10.9. The molecule has 0 aliphatic heterocycles. The second kappa shape index (κ2) is 14.1. The maximum absolute atomic E-state index is 13.7. The van der Waals surface area contributed by atoms with E-state index in [1.165, 1.54) is 0 Å². The number of nitrogens with one attached hydrogen (secondary N) is 1. The summed E-state index contributed by atoms with van der Waals surface area (Å²) in [5.41, 5.74) is 4.27. The third-order valence-electron chi connectivity index (χ3n) is 6.12. The molecular weight excluding hydrogens is 488 g/mol. The predicted molar refractivity (Wildman–Crippen MR) is 151 cm³/mol. The number of aryl methyl sites for hydroxylation is 1. The number of nitrogens with zero attached hydrogens (tertiary/aromatic N) is 1. The molecule has 36 heavy (non-hydrogen) atoms. The topological polar surface area (TPSA) is 49.4 Å². The van der Waals surface area contributed by atoms with E-state index in [4.69, 9.17) is 11.6 Å². The van der Waals surface area contributed by atoms with Crippen molar-refractivity contribution in [1.82, 2.24) is 10.2 Å². The van der Waals surface area contributed by atoms with Crippen molar-refractivity contribution < 1.29 is 9.59 Å². The maximum Gasteiger partial charge on any atom is 0.243 e. The second-order valence-electron chi connectivity index (χ2n) is 9.15. The Balaban J connectivity index is 1.85. The van der Waals surface area contributed by atoms with Crippen LogP contribution in [0, 0.1) is 6.92 Å². The van der Waals surface area contributed by atoms with Gasteiger partial charge >= 0.3 is 0 Å². The summed E-state index contributed by atoms with van der Waals surface area (Å²) in [5.74, 6) is 0.826. The van der Waals surface area contributed by atoms with Crippen molar-refractivity contribution >= 4 is 35.2 Å². The van der Waals surface area contributed by atoms with Crippen LogP contribution in [0.4, 0.5) is 0 Å². The van der Waals surface area contributed by atoms with E-state index in [1.807, 2.05) is 93.6 Å². The lowest BCUT2D eigenvalue weighted by atomic mass is 10.0. The summed E-state index contributed by atoms with van der Waals surface area (Å²) in [5, 5.41) is 3.81. The van der Waals surface area contributed by atoms with Gasteiger partial charge < -0.3 is 10.2 Å². The third-order valence-corrected chi connectivity index (χ3v) is 7.36. The number of thioether (sulfide) groups is 1. The van der Waals surface area contributed by atoms with Crippen LogP contribution in [-0.4, -0.2) is 34.6 Å². The van der Waals surface area contributed by atoms with Gasteiger partial charge in [0.05, 0.1) is 5.75 Å². The standard InChI is InChI=1S/C30H35ClN2O2S/c1-4-23(3)32-30(35)28(18-24-10-6-5-7-11-24)33(19-26-12-8-9-22(2)17-26)29(34)21-36-20-25-13-15-27(31)16-14-25/h5-17,23,28H,4,18-21H2,1-3H3,(H,32,35)/t23-,28+/m1/s1. The van der Waals surface area contributed by atoms with E-state index >= 15 is 0 Å². The Labute approximate surface area is 224 Å². The van der Waals surface area contributed by atoms with E-state index in [0.717, 1.165) is 28.7 Å². The lowest BCUT2D eigenvalue weighted by Gasteiger charge is -2.32. The molecular formula is C30H35ClN2O2S. The molecule has 0 aliphatic rings. The number of amides is 2. The Bertz CT molecular complexity index is 1120. The van der Waals surface area contributed by atoms with Crippen molar-refractivity contribution in [3.63, 3.8) is 0 Å². The molecule has 0 aliphatic carbocycles. The fourth-order valence-electron chi connectivity index (χ4n) is 3.92. The van der Waals surface area contributed by atoms with Crippen molar-refractivity contribution in [1.29, 1.82) is 0 Å². The molecule has 4 nitrogen and oxygen atoms in total. The van der Waals surface area contributed by atoms with Gasteiger partial charge in [0.25, 0.3) is 0 Å². The minimum Gasteiger partial charge on any atom is -0.352 e. The Morgan fingerprint density at radius 3 is 2.31 bits per heavy atom. The van der Waals surface area contributed by atoms with Crippen LogP contribution in [0.2, 0.25) is 5.02 Å². The fraction of sp³-hybridized carbons (Fsp3) is 0.333. The molecule has 0 heterocycles. The normalized spacial score (nSPS) is 12.6. The monoisotopic (exact) mass is 522 g/mol. The number of halogens is 1. The Morgan fingerprint density at radius 2 is 1.64 bits per heavy atom. The molecule has 0 aromatic heterocycles. The summed E-state index contributed by atoms with van der Waals surface area (Å²) in [6.45, 7) is 6.45. The van der Waals surface area contributed by atoms with Gasteiger partial charge in [-0.2, -0.15) is 0 Å². The van der Waals surface area contributed by atoms with Crippen LogP contribution in [0.1, 0.15) is 42.5 Å². The first kappa shape index (κ1) is 27.8. The number of rotatable bonds is 12. The molecule has 190 valence electrons. The molecule has 2 atom stereocenters. The van der Waals surface area contributed by atoms with Crippen molar-refractivity contribution in [3.05, 3.63) is 106 Å². The van der Waals surface area contributed by atoms with Gasteiger partial charge in [0.1, 0.15) is 6.04 Å². The van der Waals surface area contributed by atoms with Crippen molar-refractivity contribution in [2.45, 2.75) is 58.0 Å². The van der Waals surface area contributed by atoms with Crippen LogP contribution in [0.3, 0.4) is 0 Å². The molecule has 3 aromatic rings. The van der Waals surface area contributed by atoms with E-state index < -0.39 is 6.04 Å². The summed E-state index contributed by atoms with van der Waals surface area (Å²) in [6, 6.07) is 25.1. The van der Waals surface area contributed by atoms with Gasteiger partial charge in [-0.3, -0.25) is 9.59 Å². The first-order valence-corrected chi connectivity index (χ1v) is 13.9. The van der Waals surface area contributed by atoms with Gasteiger partial charge in [0.2, 0.25) is 11.8 Å². The van der Waals surface area contributed by atoms with E-state index in [2.05, 4.69) is 11.4 Å². The number of hydrogen-bond acceptors (Lipinski definition) is 3. The third kappa shape index (κ3) is 8.72. The molecule has 0 spiro atoms. The first-order valence-electron chi connectivity index (χ1n) is 12.4. The average Bonchev–Trinajstić information content (AvgIpc) is 2.87. The molecule has 0 unspecified atom stereocenters. The lowest BCUT2D eigenvalue weighted by Crippen LogP contribution is -2.52. The number of benzene rings is 3. The minimum absolute atomic E-state index is 0.0333. The molecule has 3 rings (SSSR count). The van der Waals surface area contributed by atoms with Crippen molar-refractivity contribution in [2.24, 2.45) is 0 Å². The van der Waals surface area contributed by atoms with Crippen molar-refractivity contribution in [3.8, 4) is 0 Å². The summed E-state index contributed by atoms with van der Waals surface area (Å²) < 4.78 is 0. The molecule has 0 saturated heterocycles. The summed E-state index contributed by atoms with van der Waals surface area (Å²) in [6.07, 6.45) is 1.29. The van der Waals surface area contributed by atoms with E-state index in [-0.39, 0.29) is 23.6 Å². The molecule has 0 saturated carbocycles. The molecule has 3 aromatic carbocycles. The van der Waals surface area contributed by atoms with Gasteiger partial charge in [-0.05, 0) is 49.1 Å². The number of hydrogen-bond donors (Lipinski definition) is 1. The SMILES string of the molecule is CC[C@@H](C)NC(=O)[C@H](Cc1ccccc1)N(Cc1cccc(C)c1)C(=O)CSCc1ccc(Cl)cc1. The van der Waals surface area contributed by atoms with Gasteiger partial charge in [-0.1, -0.05) is 90.8 Å². The zero-order valence-corrected chi connectivity index (χ0v) is 22.8. The zero-order valence-electron chi connectivity index (χ0n) is 21.2. The molecule has 0 fully saturated rings. The maximum atomic E-state index is 13.7. The van der Waals surface area contributed by atoms with Crippen LogP contribution < -0.4 is 5.32 Å².